The van der Waals surface area contributed by atoms with Crippen LogP contribution in [0.3, 0.4) is 0 Å². The van der Waals surface area contributed by atoms with Gasteiger partial charge in [-0.3, -0.25) is 0 Å². The van der Waals surface area contributed by atoms with Crippen molar-refractivity contribution >= 4 is 13.3 Å². The molecule has 33 heavy (non-hydrogen) atoms. The van der Waals surface area contributed by atoms with E-state index in [-0.39, 0.29) is 6.04 Å². The number of fused-ring (bicyclic) bond motifs is 3. The lowest BCUT2D eigenvalue weighted by Crippen LogP contribution is -2.53. The van der Waals surface area contributed by atoms with E-state index in [1.165, 1.54) is 54.5 Å². The molecule has 2 unspecified atom stereocenters. The molecule has 0 amide bonds. The van der Waals surface area contributed by atoms with Crippen LogP contribution in [0.2, 0.25) is 19.6 Å². The van der Waals surface area contributed by atoms with E-state index < -0.39 is 8.07 Å². The van der Waals surface area contributed by atoms with Crippen LogP contribution in [0.5, 0.6) is 0 Å². The summed E-state index contributed by atoms with van der Waals surface area (Å²) in [5.74, 6) is 1.29. The molecule has 1 aromatic heterocycles. The highest BCUT2D eigenvalue weighted by Gasteiger charge is 2.40. The molecule has 2 atom stereocenters. The second kappa shape index (κ2) is 9.97. The summed E-state index contributed by atoms with van der Waals surface area (Å²) in [5, 5.41) is 1.64. The van der Waals surface area contributed by atoms with Gasteiger partial charge in [-0.05, 0) is 55.4 Å². The van der Waals surface area contributed by atoms with Gasteiger partial charge >= 0.3 is 0 Å². The first-order chi connectivity index (χ1) is 15.8. The van der Waals surface area contributed by atoms with Crippen molar-refractivity contribution in [3.05, 3.63) is 84.6 Å². The van der Waals surface area contributed by atoms with Crippen molar-refractivity contribution in [2.45, 2.75) is 83.5 Å². The summed E-state index contributed by atoms with van der Waals surface area (Å²) in [5.41, 5.74) is 7.09. The van der Waals surface area contributed by atoms with Crippen molar-refractivity contribution in [2.75, 3.05) is 0 Å². The van der Waals surface area contributed by atoms with Gasteiger partial charge in [0, 0.05) is 16.8 Å². The third-order valence-corrected chi connectivity index (χ3v) is 9.85. The van der Waals surface area contributed by atoms with Crippen LogP contribution in [0.15, 0.2) is 73.5 Å². The zero-order chi connectivity index (χ0) is 23.6. The smallest absolute Gasteiger partial charge is 0.191 e. The first kappa shape index (κ1) is 23.9. The Bertz CT molecular complexity index is 1050. The number of hydrogen-bond acceptors (Lipinski definition) is 0. The van der Waals surface area contributed by atoms with Crippen LogP contribution >= 0.6 is 0 Å². The van der Waals surface area contributed by atoms with Gasteiger partial charge in [-0.1, -0.05) is 94.4 Å². The second-order valence-electron chi connectivity index (χ2n) is 11.2. The van der Waals surface area contributed by atoms with E-state index in [0.29, 0.717) is 5.92 Å². The monoisotopic (exact) mass is 456 g/mol. The van der Waals surface area contributed by atoms with Crippen molar-refractivity contribution in [1.82, 2.24) is 0 Å². The zero-order valence-corrected chi connectivity index (χ0v) is 22.2. The van der Waals surface area contributed by atoms with Gasteiger partial charge in [0.25, 0.3) is 0 Å². The Kier molecular flexibility index (Phi) is 7.24. The fraction of sp³-hybridized carbons (Fsp3) is 0.452. The lowest BCUT2D eigenvalue weighted by molar-refractivity contribution is -0.706. The molecule has 174 valence electrons. The maximum absolute atomic E-state index is 4.32. The first-order valence-corrected chi connectivity index (χ1v) is 16.4. The molecule has 1 aliphatic carbocycles. The number of hydrogen-bond donors (Lipinski definition) is 0. The number of nitrogens with zero attached hydrogens (tertiary/aromatic N) is 1. The molecular formula is C31H42NSi+. The van der Waals surface area contributed by atoms with Gasteiger partial charge in [0.1, 0.15) is 0 Å². The molecule has 1 saturated carbocycles. The summed E-state index contributed by atoms with van der Waals surface area (Å²) in [6, 6.07) is 11.9. The van der Waals surface area contributed by atoms with Crippen LogP contribution in [-0.4, -0.2) is 8.07 Å². The molecule has 1 aliphatic heterocycles. The van der Waals surface area contributed by atoms with Gasteiger partial charge in [0.05, 0.1) is 14.0 Å². The van der Waals surface area contributed by atoms with Crippen LogP contribution in [0, 0.1) is 5.92 Å². The maximum atomic E-state index is 4.32. The molecule has 0 saturated heterocycles. The summed E-state index contributed by atoms with van der Waals surface area (Å²) in [6.45, 7) is 18.2. The minimum Gasteiger partial charge on any atom is -0.191 e. The number of rotatable bonds is 8. The molecule has 2 aliphatic rings. The lowest BCUT2D eigenvalue weighted by atomic mass is 9.79. The third-order valence-electron chi connectivity index (χ3n) is 7.78. The predicted molar refractivity (Wildman–Crippen MR) is 146 cm³/mol. The van der Waals surface area contributed by atoms with Crippen LogP contribution in [0.4, 0.5) is 0 Å². The molecule has 1 fully saturated rings. The highest BCUT2D eigenvalue weighted by molar-refractivity contribution is 6.89. The molecule has 4 rings (SSSR count). The zero-order valence-electron chi connectivity index (χ0n) is 21.2. The Morgan fingerprint density at radius 2 is 1.88 bits per heavy atom. The fourth-order valence-corrected chi connectivity index (χ4v) is 7.80. The van der Waals surface area contributed by atoms with E-state index in [2.05, 4.69) is 99.0 Å². The maximum Gasteiger partial charge on any atom is 0.213 e. The van der Waals surface area contributed by atoms with Crippen molar-refractivity contribution in [2.24, 2.45) is 5.92 Å². The topological polar surface area (TPSA) is 3.88 Å². The Balaban J connectivity index is 1.82. The van der Waals surface area contributed by atoms with E-state index in [9.17, 15) is 0 Å². The standard InChI is InChI=1S/C31H42NSi/c1-7-13-23(3)18-19-28-26-16-11-12-17-27(26)30-21-25(20-24-14-9-10-15-24)31(33(4,5)6)22-32(30)29(28)8-2/h7-8,11-13,16-17,21-22,24,28-29H,2-3,9-10,14-15,18-20H2,1,4-6H3/q+1/b13-7-. The van der Waals surface area contributed by atoms with Crippen molar-refractivity contribution in [1.29, 1.82) is 0 Å². The number of allylic oxidation sites excluding steroid dienone is 4. The molecule has 2 aromatic rings. The van der Waals surface area contributed by atoms with Gasteiger partial charge in [-0.15, -0.1) is 0 Å². The predicted octanol–water partition coefficient (Wildman–Crippen LogP) is 7.66. The fourth-order valence-electron chi connectivity index (χ4n) is 6.14. The molecule has 0 spiro atoms. The van der Waals surface area contributed by atoms with Crippen LogP contribution in [0.25, 0.3) is 11.3 Å². The minimum atomic E-state index is -1.49. The Morgan fingerprint density at radius 1 is 1.15 bits per heavy atom. The van der Waals surface area contributed by atoms with Gasteiger partial charge in [-0.2, -0.15) is 4.57 Å². The van der Waals surface area contributed by atoms with E-state index >= 15 is 0 Å². The highest BCUT2D eigenvalue weighted by Crippen LogP contribution is 2.42. The quantitative estimate of drug-likeness (QED) is 0.166. The second-order valence-corrected chi connectivity index (χ2v) is 16.3. The van der Waals surface area contributed by atoms with Crippen LogP contribution < -0.4 is 9.75 Å². The number of pyridine rings is 1. The largest absolute Gasteiger partial charge is 0.213 e. The first-order valence-electron chi connectivity index (χ1n) is 12.9. The van der Waals surface area contributed by atoms with Gasteiger partial charge in [-0.25, -0.2) is 0 Å². The van der Waals surface area contributed by atoms with E-state index in [1.807, 2.05) is 0 Å². The molecule has 0 N–H and O–H groups in total. The molecule has 0 radical (unpaired) electrons. The molecule has 1 aromatic carbocycles. The van der Waals surface area contributed by atoms with Crippen molar-refractivity contribution in [3.8, 4) is 11.3 Å². The summed E-state index contributed by atoms with van der Waals surface area (Å²) < 4.78 is 2.57. The minimum absolute atomic E-state index is 0.281. The SMILES string of the molecule is C=CC1C(CCC(=C)/C=C\C)c2ccccc2-c2cc(CC3CCCC3)c([Si](C)(C)C)c[n+]21. The Morgan fingerprint density at radius 3 is 2.55 bits per heavy atom. The Labute approximate surface area is 203 Å². The summed E-state index contributed by atoms with van der Waals surface area (Å²) in [4.78, 5) is 0. The normalized spacial score (nSPS) is 20.6. The van der Waals surface area contributed by atoms with E-state index in [0.717, 1.165) is 18.8 Å². The number of benzene rings is 1. The van der Waals surface area contributed by atoms with Crippen LogP contribution in [0.1, 0.15) is 68.5 Å². The van der Waals surface area contributed by atoms with Gasteiger partial charge in [0.15, 0.2) is 12.2 Å². The van der Waals surface area contributed by atoms with Crippen molar-refractivity contribution < 1.29 is 4.57 Å². The average molecular weight is 457 g/mol. The molecule has 0 bridgehead atoms. The summed E-state index contributed by atoms with van der Waals surface area (Å²) >= 11 is 0. The van der Waals surface area contributed by atoms with Crippen molar-refractivity contribution in [3.63, 3.8) is 0 Å². The molecule has 1 nitrogen and oxygen atoms in total. The van der Waals surface area contributed by atoms with Gasteiger partial charge in [0.2, 0.25) is 5.69 Å². The third kappa shape index (κ3) is 5.01. The Hall–Kier alpha value is -2.19. The van der Waals surface area contributed by atoms with E-state index in [4.69, 9.17) is 0 Å². The highest BCUT2D eigenvalue weighted by atomic mass is 28.3. The lowest BCUT2D eigenvalue weighted by Gasteiger charge is -2.31. The summed E-state index contributed by atoms with van der Waals surface area (Å²) in [6.07, 6.45) is 18.0. The number of aromatic nitrogens is 1. The summed E-state index contributed by atoms with van der Waals surface area (Å²) in [7, 11) is -1.49. The van der Waals surface area contributed by atoms with Crippen LogP contribution in [-0.2, 0) is 6.42 Å². The van der Waals surface area contributed by atoms with Gasteiger partial charge < -0.3 is 0 Å². The molecule has 2 heteroatoms. The van der Waals surface area contributed by atoms with E-state index in [1.54, 1.807) is 10.8 Å². The molecular weight excluding hydrogens is 414 g/mol. The molecule has 2 heterocycles. The average Bonchev–Trinajstić information content (AvgIpc) is 3.29.